The molecule has 1 saturated heterocycles. The van der Waals surface area contributed by atoms with Gasteiger partial charge in [0.2, 0.25) is 0 Å². The summed E-state index contributed by atoms with van der Waals surface area (Å²) in [6.45, 7) is 4.01. The molecule has 3 aromatic rings. The van der Waals surface area contributed by atoms with Crippen molar-refractivity contribution in [2.45, 2.75) is 4.90 Å². The van der Waals surface area contributed by atoms with Gasteiger partial charge in [0.1, 0.15) is 5.52 Å². The average molecular weight is 480 g/mol. The van der Waals surface area contributed by atoms with Crippen LogP contribution < -0.4 is 4.90 Å². The summed E-state index contributed by atoms with van der Waals surface area (Å²) < 4.78 is 30.2. The molecule has 0 saturated carbocycles. The van der Waals surface area contributed by atoms with Crippen molar-refractivity contribution in [1.29, 1.82) is 0 Å². The largest absolute Gasteiger partial charge is 0.379 e. The fourth-order valence-corrected chi connectivity index (χ4v) is 5.34. The number of halogens is 1. The Morgan fingerprint density at radius 1 is 1.23 bits per heavy atom. The van der Waals surface area contributed by atoms with Gasteiger partial charge in [-0.25, -0.2) is 13.4 Å². The highest BCUT2D eigenvalue weighted by molar-refractivity contribution is 7.90. The molecule has 1 amide bonds. The Balaban J connectivity index is 1.68. The maximum atomic E-state index is 13.5. The van der Waals surface area contributed by atoms with Crippen LogP contribution in [0.1, 0.15) is 10.4 Å². The number of carbonyl (C=O) groups is 1. The summed E-state index contributed by atoms with van der Waals surface area (Å²) in [5, 5.41) is 1.06. The average Bonchev–Trinajstić information content (AvgIpc) is 3.19. The zero-order valence-electron chi connectivity index (χ0n) is 17.0. The molecule has 2 heterocycles. The lowest BCUT2D eigenvalue weighted by Gasteiger charge is -2.29. The number of benzene rings is 2. The number of thiazole rings is 1. The molecule has 2 aromatic carbocycles. The second-order valence-corrected chi connectivity index (χ2v) is 10.7. The standard InChI is InChI=1S/C21H22ClN3O4S2/c1-31(27,28)16-5-2-4-15(14-16)20(26)25(9-8-24-10-12-29-13-11-24)21-23-19-17(22)6-3-7-18(19)30-21/h2-7,14H,8-13H2,1H3. The number of fused-ring (bicyclic) bond motifs is 1. The number of para-hydroxylation sites is 1. The number of amides is 1. The molecule has 1 aliphatic heterocycles. The highest BCUT2D eigenvalue weighted by atomic mass is 35.5. The van der Waals surface area contributed by atoms with E-state index in [1.54, 1.807) is 23.1 Å². The summed E-state index contributed by atoms with van der Waals surface area (Å²) in [6, 6.07) is 11.6. The van der Waals surface area contributed by atoms with Crippen LogP contribution in [-0.2, 0) is 14.6 Å². The maximum absolute atomic E-state index is 13.5. The third-order valence-electron chi connectivity index (χ3n) is 5.09. The van der Waals surface area contributed by atoms with Crippen molar-refractivity contribution >= 4 is 54.0 Å². The highest BCUT2D eigenvalue weighted by Gasteiger charge is 2.24. The van der Waals surface area contributed by atoms with Gasteiger partial charge in [0.25, 0.3) is 5.91 Å². The van der Waals surface area contributed by atoms with Crippen molar-refractivity contribution in [2.75, 3.05) is 50.5 Å². The summed E-state index contributed by atoms with van der Waals surface area (Å²) in [6.07, 6.45) is 1.13. The van der Waals surface area contributed by atoms with E-state index in [0.29, 0.717) is 47.5 Å². The fourth-order valence-electron chi connectivity index (χ4n) is 3.38. The van der Waals surface area contributed by atoms with Crippen LogP contribution in [0.25, 0.3) is 10.2 Å². The van der Waals surface area contributed by atoms with E-state index in [-0.39, 0.29) is 10.8 Å². The summed E-state index contributed by atoms with van der Waals surface area (Å²) >= 11 is 7.68. The van der Waals surface area contributed by atoms with Crippen LogP contribution in [0.5, 0.6) is 0 Å². The number of sulfone groups is 1. The molecule has 164 valence electrons. The Bertz CT molecular complexity index is 1210. The number of aromatic nitrogens is 1. The maximum Gasteiger partial charge on any atom is 0.260 e. The summed E-state index contributed by atoms with van der Waals surface area (Å²) in [5.74, 6) is -0.297. The Kier molecular flexibility index (Phi) is 6.59. The van der Waals surface area contributed by atoms with Crippen molar-refractivity contribution in [1.82, 2.24) is 9.88 Å². The summed E-state index contributed by atoms with van der Waals surface area (Å²) in [5.41, 5.74) is 0.952. The number of morpholine rings is 1. The number of carbonyl (C=O) groups excluding carboxylic acids is 1. The van der Waals surface area contributed by atoms with Gasteiger partial charge in [0.15, 0.2) is 15.0 Å². The van der Waals surface area contributed by atoms with Gasteiger partial charge in [-0.05, 0) is 30.3 Å². The Labute approximate surface area is 190 Å². The van der Waals surface area contributed by atoms with E-state index < -0.39 is 9.84 Å². The van der Waals surface area contributed by atoms with Gasteiger partial charge in [-0.2, -0.15) is 0 Å². The molecule has 4 rings (SSSR count). The minimum atomic E-state index is -3.43. The van der Waals surface area contributed by atoms with Crippen molar-refractivity contribution < 1.29 is 17.9 Å². The van der Waals surface area contributed by atoms with Gasteiger partial charge in [0, 0.05) is 38.0 Å². The molecule has 0 aliphatic carbocycles. The predicted molar refractivity (Wildman–Crippen MR) is 123 cm³/mol. The molecular weight excluding hydrogens is 458 g/mol. The molecule has 31 heavy (non-hydrogen) atoms. The second-order valence-electron chi connectivity index (χ2n) is 7.29. The second kappa shape index (κ2) is 9.22. The van der Waals surface area contributed by atoms with Gasteiger partial charge in [-0.1, -0.05) is 35.1 Å². The number of anilines is 1. The Hall–Kier alpha value is -2.04. The Morgan fingerprint density at radius 3 is 2.68 bits per heavy atom. The first kappa shape index (κ1) is 22.2. The molecule has 1 aromatic heterocycles. The lowest BCUT2D eigenvalue weighted by molar-refractivity contribution is 0.0391. The van der Waals surface area contributed by atoms with Crippen molar-refractivity contribution in [3.63, 3.8) is 0 Å². The molecule has 10 heteroatoms. The number of ether oxygens (including phenoxy) is 1. The van der Waals surface area contributed by atoms with Crippen LogP contribution in [0, 0.1) is 0 Å². The van der Waals surface area contributed by atoms with Crippen LogP contribution in [0.15, 0.2) is 47.4 Å². The topological polar surface area (TPSA) is 79.8 Å². The van der Waals surface area contributed by atoms with Crippen LogP contribution in [-0.4, -0.2) is 69.9 Å². The third kappa shape index (κ3) is 5.07. The van der Waals surface area contributed by atoms with Crippen molar-refractivity contribution in [3.8, 4) is 0 Å². The molecule has 1 aliphatic rings. The first-order chi connectivity index (χ1) is 14.8. The van der Waals surface area contributed by atoms with Gasteiger partial charge in [-0.3, -0.25) is 14.6 Å². The van der Waals surface area contributed by atoms with E-state index in [1.165, 1.54) is 23.5 Å². The van der Waals surface area contributed by atoms with E-state index in [9.17, 15) is 13.2 Å². The van der Waals surface area contributed by atoms with Crippen LogP contribution >= 0.6 is 22.9 Å². The zero-order valence-corrected chi connectivity index (χ0v) is 19.3. The van der Waals surface area contributed by atoms with E-state index in [4.69, 9.17) is 16.3 Å². The van der Waals surface area contributed by atoms with E-state index in [0.717, 1.165) is 24.0 Å². The van der Waals surface area contributed by atoms with Gasteiger partial charge < -0.3 is 4.74 Å². The van der Waals surface area contributed by atoms with E-state index in [2.05, 4.69) is 9.88 Å². The molecule has 0 radical (unpaired) electrons. The molecule has 7 nitrogen and oxygen atoms in total. The predicted octanol–water partition coefficient (Wildman–Crippen LogP) is 3.33. The Morgan fingerprint density at radius 2 is 1.97 bits per heavy atom. The SMILES string of the molecule is CS(=O)(=O)c1cccc(C(=O)N(CCN2CCOCC2)c2nc3c(Cl)cccc3s2)c1. The van der Waals surface area contributed by atoms with Crippen LogP contribution in [0.4, 0.5) is 5.13 Å². The zero-order chi connectivity index (χ0) is 22.0. The molecular formula is C21H22ClN3O4S2. The third-order valence-corrected chi connectivity index (χ3v) is 7.55. The minimum Gasteiger partial charge on any atom is -0.379 e. The first-order valence-electron chi connectivity index (χ1n) is 9.80. The highest BCUT2D eigenvalue weighted by Crippen LogP contribution is 2.33. The molecule has 0 N–H and O–H groups in total. The minimum absolute atomic E-state index is 0.110. The normalized spacial score (nSPS) is 15.3. The van der Waals surface area contributed by atoms with Gasteiger partial charge in [0.05, 0.1) is 27.8 Å². The monoisotopic (exact) mass is 479 g/mol. The first-order valence-corrected chi connectivity index (χ1v) is 12.9. The molecule has 0 spiro atoms. The van der Waals surface area contributed by atoms with E-state index >= 15 is 0 Å². The number of hydrogen-bond acceptors (Lipinski definition) is 7. The van der Waals surface area contributed by atoms with Gasteiger partial charge >= 0.3 is 0 Å². The number of nitrogens with zero attached hydrogens (tertiary/aromatic N) is 3. The quantitative estimate of drug-likeness (QED) is 0.539. The summed E-state index contributed by atoms with van der Waals surface area (Å²) in [4.78, 5) is 22.1. The number of rotatable bonds is 6. The molecule has 0 unspecified atom stereocenters. The lowest BCUT2D eigenvalue weighted by atomic mass is 10.2. The van der Waals surface area contributed by atoms with E-state index in [1.807, 2.05) is 12.1 Å². The van der Waals surface area contributed by atoms with Crippen molar-refractivity contribution in [2.24, 2.45) is 0 Å². The van der Waals surface area contributed by atoms with Crippen LogP contribution in [0.3, 0.4) is 0 Å². The smallest absolute Gasteiger partial charge is 0.260 e. The molecule has 1 fully saturated rings. The molecule has 0 bridgehead atoms. The number of hydrogen-bond donors (Lipinski definition) is 0. The van der Waals surface area contributed by atoms with Gasteiger partial charge in [-0.15, -0.1) is 0 Å². The van der Waals surface area contributed by atoms with Crippen molar-refractivity contribution in [3.05, 3.63) is 53.1 Å². The lowest BCUT2D eigenvalue weighted by Crippen LogP contribution is -2.43. The van der Waals surface area contributed by atoms with Crippen LogP contribution in [0.2, 0.25) is 5.02 Å². The molecule has 0 atom stereocenters. The fraction of sp³-hybridized carbons (Fsp3) is 0.333. The summed E-state index contributed by atoms with van der Waals surface area (Å²) in [7, 11) is -3.43.